The number of ether oxygens (including phenoxy) is 2. The molecule has 0 aromatic carbocycles. The Kier molecular flexibility index (Phi) is 2.95. The number of nitrogen functional groups attached to an aromatic ring is 1. The Morgan fingerprint density at radius 2 is 2.39 bits per heavy atom. The lowest BCUT2D eigenvalue weighted by Crippen LogP contribution is -2.25. The number of rotatable bonds is 4. The summed E-state index contributed by atoms with van der Waals surface area (Å²) >= 11 is 0. The van der Waals surface area contributed by atoms with Crippen LogP contribution in [-0.2, 0) is 4.74 Å². The van der Waals surface area contributed by atoms with Gasteiger partial charge in [0, 0.05) is 12.5 Å². The molecule has 2 aliphatic rings. The summed E-state index contributed by atoms with van der Waals surface area (Å²) in [6.07, 6.45) is 5.87. The molecule has 3 atom stereocenters. The van der Waals surface area contributed by atoms with Gasteiger partial charge in [0.25, 0.3) is 0 Å². The third-order valence-electron chi connectivity index (χ3n) is 3.80. The first-order valence-electron chi connectivity index (χ1n) is 6.31. The Bertz CT molecular complexity index is 440. The molecule has 0 spiro atoms. The summed E-state index contributed by atoms with van der Waals surface area (Å²) in [5, 5.41) is 3.28. The highest BCUT2D eigenvalue weighted by molar-refractivity contribution is 5.66. The number of anilines is 2. The average Bonchev–Trinajstić information content (AvgIpc) is 3.00. The predicted molar refractivity (Wildman–Crippen MR) is 67.5 cm³/mol. The van der Waals surface area contributed by atoms with E-state index in [-0.39, 0.29) is 0 Å². The van der Waals surface area contributed by atoms with Crippen LogP contribution < -0.4 is 15.8 Å². The van der Waals surface area contributed by atoms with E-state index in [0.717, 1.165) is 13.0 Å². The fourth-order valence-corrected chi connectivity index (χ4v) is 2.87. The molecule has 0 saturated carbocycles. The number of hydrogen-bond donors (Lipinski definition) is 2. The predicted octanol–water partition coefficient (Wildman–Crippen LogP) is 1.05. The summed E-state index contributed by atoms with van der Waals surface area (Å²) in [4.78, 5) is 8.09. The number of hydrogen-bond acceptors (Lipinski definition) is 6. The zero-order chi connectivity index (χ0) is 12.5. The molecule has 0 amide bonds. The largest absolute Gasteiger partial charge is 0.479 e. The van der Waals surface area contributed by atoms with Crippen LogP contribution >= 0.6 is 0 Å². The van der Waals surface area contributed by atoms with Crippen LogP contribution in [0, 0.1) is 5.92 Å². The molecular weight excluding hydrogens is 232 g/mol. The van der Waals surface area contributed by atoms with Gasteiger partial charge in [-0.2, -0.15) is 4.98 Å². The second kappa shape index (κ2) is 4.61. The summed E-state index contributed by atoms with van der Waals surface area (Å²) in [6, 6.07) is 0. The lowest BCUT2D eigenvalue weighted by atomic mass is 9.89. The highest BCUT2D eigenvalue weighted by atomic mass is 16.5. The molecule has 1 aromatic heterocycles. The monoisotopic (exact) mass is 250 g/mol. The normalized spacial score (nSPS) is 29.5. The molecule has 98 valence electrons. The summed E-state index contributed by atoms with van der Waals surface area (Å²) in [5.41, 5.74) is 6.37. The lowest BCUT2D eigenvalue weighted by Gasteiger charge is -2.19. The van der Waals surface area contributed by atoms with E-state index < -0.39 is 0 Å². The minimum Gasteiger partial charge on any atom is -0.479 e. The first-order chi connectivity index (χ1) is 8.78. The van der Waals surface area contributed by atoms with Gasteiger partial charge >= 0.3 is 0 Å². The van der Waals surface area contributed by atoms with Gasteiger partial charge in [0.2, 0.25) is 5.88 Å². The van der Waals surface area contributed by atoms with Crippen molar-refractivity contribution < 1.29 is 9.47 Å². The summed E-state index contributed by atoms with van der Waals surface area (Å²) in [7, 11) is 1.55. The van der Waals surface area contributed by atoms with Gasteiger partial charge in [-0.1, -0.05) is 0 Å². The Hall–Kier alpha value is -1.56. The van der Waals surface area contributed by atoms with Crippen LogP contribution in [0.4, 0.5) is 11.5 Å². The second-order valence-corrected chi connectivity index (χ2v) is 4.90. The molecular formula is C12H18N4O2. The molecule has 2 saturated heterocycles. The van der Waals surface area contributed by atoms with E-state index in [1.165, 1.54) is 19.2 Å². The Morgan fingerprint density at radius 1 is 1.50 bits per heavy atom. The van der Waals surface area contributed by atoms with Crippen molar-refractivity contribution in [2.75, 3.05) is 24.7 Å². The van der Waals surface area contributed by atoms with E-state index in [1.54, 1.807) is 7.11 Å². The molecule has 18 heavy (non-hydrogen) atoms. The van der Waals surface area contributed by atoms with Gasteiger partial charge in [-0.3, -0.25) is 0 Å². The summed E-state index contributed by atoms with van der Waals surface area (Å²) in [5.74, 6) is 1.62. The summed E-state index contributed by atoms with van der Waals surface area (Å²) in [6.45, 7) is 0.839. The van der Waals surface area contributed by atoms with Gasteiger partial charge in [0.1, 0.15) is 12.0 Å². The highest BCUT2D eigenvalue weighted by Crippen LogP contribution is 2.38. The molecule has 3 unspecified atom stereocenters. The molecule has 0 radical (unpaired) electrons. The third-order valence-corrected chi connectivity index (χ3v) is 3.80. The minimum absolute atomic E-state index is 0.410. The summed E-state index contributed by atoms with van der Waals surface area (Å²) < 4.78 is 10.9. The Labute approximate surface area is 106 Å². The van der Waals surface area contributed by atoms with Crippen molar-refractivity contribution in [3.63, 3.8) is 0 Å². The Morgan fingerprint density at radius 3 is 3.06 bits per heavy atom. The molecule has 2 aliphatic heterocycles. The maximum Gasteiger partial charge on any atom is 0.242 e. The standard InChI is InChI=1S/C12H18N4O2/c1-17-12-10(13)11(15-6-16-12)14-5-7-4-8-2-3-9(7)18-8/h6-9H,2-5,13H2,1H3,(H,14,15,16). The molecule has 3 N–H and O–H groups in total. The van der Waals surface area contributed by atoms with Gasteiger partial charge in [-0.05, 0) is 19.3 Å². The van der Waals surface area contributed by atoms with Crippen molar-refractivity contribution in [2.45, 2.75) is 31.5 Å². The van der Waals surface area contributed by atoms with Crippen molar-refractivity contribution in [2.24, 2.45) is 5.92 Å². The van der Waals surface area contributed by atoms with E-state index in [0.29, 0.717) is 35.5 Å². The van der Waals surface area contributed by atoms with Gasteiger partial charge in [0.15, 0.2) is 5.82 Å². The average molecular weight is 250 g/mol. The van der Waals surface area contributed by atoms with Crippen LogP contribution in [0.25, 0.3) is 0 Å². The van der Waals surface area contributed by atoms with Crippen LogP contribution in [-0.4, -0.2) is 35.8 Å². The third kappa shape index (κ3) is 1.96. The van der Waals surface area contributed by atoms with Gasteiger partial charge in [-0.25, -0.2) is 4.98 Å². The van der Waals surface area contributed by atoms with E-state index in [4.69, 9.17) is 15.2 Å². The van der Waals surface area contributed by atoms with E-state index in [1.807, 2.05) is 0 Å². The zero-order valence-corrected chi connectivity index (χ0v) is 10.4. The smallest absolute Gasteiger partial charge is 0.242 e. The number of fused-ring (bicyclic) bond motifs is 2. The fraction of sp³-hybridized carbons (Fsp3) is 0.667. The maximum atomic E-state index is 5.91. The van der Waals surface area contributed by atoms with E-state index in [2.05, 4.69) is 15.3 Å². The number of nitrogens with two attached hydrogens (primary N) is 1. The fourth-order valence-electron chi connectivity index (χ4n) is 2.87. The van der Waals surface area contributed by atoms with Crippen LogP contribution in [0.5, 0.6) is 5.88 Å². The SMILES string of the molecule is COc1ncnc(NCC2CC3CCC2O3)c1N. The second-order valence-electron chi connectivity index (χ2n) is 4.90. The molecule has 0 aliphatic carbocycles. The topological polar surface area (TPSA) is 82.3 Å². The number of aromatic nitrogens is 2. The van der Waals surface area contributed by atoms with Crippen LogP contribution in [0.2, 0.25) is 0 Å². The number of methoxy groups -OCH3 is 1. The first kappa shape index (κ1) is 11.5. The molecule has 3 rings (SSSR count). The van der Waals surface area contributed by atoms with Crippen LogP contribution in [0.15, 0.2) is 6.33 Å². The zero-order valence-electron chi connectivity index (χ0n) is 10.4. The van der Waals surface area contributed by atoms with Crippen molar-refractivity contribution in [3.8, 4) is 5.88 Å². The van der Waals surface area contributed by atoms with Crippen LogP contribution in [0.1, 0.15) is 19.3 Å². The lowest BCUT2D eigenvalue weighted by molar-refractivity contribution is 0.0941. The van der Waals surface area contributed by atoms with Gasteiger partial charge < -0.3 is 20.5 Å². The highest BCUT2D eigenvalue weighted by Gasteiger charge is 2.40. The quantitative estimate of drug-likeness (QED) is 0.831. The van der Waals surface area contributed by atoms with E-state index >= 15 is 0 Å². The van der Waals surface area contributed by atoms with Crippen molar-refractivity contribution in [1.82, 2.24) is 9.97 Å². The van der Waals surface area contributed by atoms with Crippen molar-refractivity contribution in [3.05, 3.63) is 6.33 Å². The van der Waals surface area contributed by atoms with E-state index in [9.17, 15) is 0 Å². The van der Waals surface area contributed by atoms with Crippen molar-refractivity contribution in [1.29, 1.82) is 0 Å². The molecule has 3 heterocycles. The Balaban J connectivity index is 1.63. The molecule has 6 heteroatoms. The number of nitrogens with one attached hydrogen (secondary N) is 1. The molecule has 1 aromatic rings. The van der Waals surface area contributed by atoms with Crippen LogP contribution in [0.3, 0.4) is 0 Å². The molecule has 2 fully saturated rings. The minimum atomic E-state index is 0.410. The first-order valence-corrected chi connectivity index (χ1v) is 6.31. The molecule has 6 nitrogen and oxygen atoms in total. The maximum absolute atomic E-state index is 5.91. The van der Waals surface area contributed by atoms with Crippen molar-refractivity contribution >= 4 is 11.5 Å². The number of nitrogens with zero attached hydrogens (tertiary/aromatic N) is 2. The van der Waals surface area contributed by atoms with Gasteiger partial charge in [0.05, 0.1) is 19.3 Å². The van der Waals surface area contributed by atoms with Gasteiger partial charge in [-0.15, -0.1) is 0 Å². The molecule has 2 bridgehead atoms.